The van der Waals surface area contributed by atoms with Gasteiger partial charge in [-0.2, -0.15) is 4.98 Å². The van der Waals surface area contributed by atoms with Gasteiger partial charge in [-0.25, -0.2) is 22.5 Å². The van der Waals surface area contributed by atoms with E-state index in [1.807, 2.05) is 24.3 Å². The molecule has 3 aromatic carbocycles. The Balaban J connectivity index is 1.13. The van der Waals surface area contributed by atoms with E-state index in [1.165, 1.54) is 12.1 Å². The third-order valence-electron chi connectivity index (χ3n) is 7.14. The summed E-state index contributed by atoms with van der Waals surface area (Å²) in [6, 6.07) is 17.8. The van der Waals surface area contributed by atoms with Crippen LogP contribution in [0.3, 0.4) is 0 Å². The summed E-state index contributed by atoms with van der Waals surface area (Å²) in [5.41, 5.74) is 1.32. The van der Waals surface area contributed by atoms with Gasteiger partial charge in [0.05, 0.1) is 10.4 Å². The van der Waals surface area contributed by atoms with Gasteiger partial charge in [-0.15, -0.1) is 13.2 Å². The smallest absolute Gasteiger partial charge is 0.406 e. The van der Waals surface area contributed by atoms with Crippen LogP contribution in [0.15, 0.2) is 77.7 Å². The molecule has 0 aliphatic heterocycles. The van der Waals surface area contributed by atoms with E-state index < -0.39 is 22.1 Å². The van der Waals surface area contributed by atoms with Gasteiger partial charge in [0.15, 0.2) is 0 Å². The minimum absolute atomic E-state index is 0.128. The van der Waals surface area contributed by atoms with Crippen LogP contribution in [0.4, 0.5) is 35.0 Å². The zero-order chi connectivity index (χ0) is 29.7. The zero-order valence-corrected chi connectivity index (χ0v) is 23.2. The minimum atomic E-state index is -4.85. The Bertz CT molecular complexity index is 1630. The van der Waals surface area contributed by atoms with E-state index in [0.29, 0.717) is 29.9 Å². The second-order valence-electron chi connectivity index (χ2n) is 10.2. The van der Waals surface area contributed by atoms with E-state index in [9.17, 15) is 26.0 Å². The van der Waals surface area contributed by atoms with Crippen molar-refractivity contribution in [1.29, 1.82) is 0 Å². The summed E-state index contributed by atoms with van der Waals surface area (Å²) in [5, 5.41) is 7.32. The van der Waals surface area contributed by atoms with Crippen molar-refractivity contribution in [3.8, 4) is 5.75 Å². The highest BCUT2D eigenvalue weighted by Gasteiger charge is 2.31. The molecule has 222 valence electrons. The number of alkyl halides is 3. The third kappa shape index (κ3) is 7.85. The van der Waals surface area contributed by atoms with Crippen LogP contribution in [0.5, 0.6) is 5.75 Å². The average molecular weight is 604 g/mol. The molecule has 1 saturated carbocycles. The van der Waals surface area contributed by atoms with Crippen LogP contribution in [0, 0.1) is 17.7 Å². The molecule has 42 heavy (non-hydrogen) atoms. The molecule has 1 aliphatic rings. The third-order valence-corrected chi connectivity index (χ3v) is 8.57. The highest BCUT2D eigenvalue weighted by Crippen LogP contribution is 2.30. The van der Waals surface area contributed by atoms with E-state index in [4.69, 9.17) is 0 Å². The predicted octanol–water partition coefficient (Wildman–Crippen LogP) is 6.61. The van der Waals surface area contributed by atoms with Gasteiger partial charge < -0.3 is 15.4 Å². The topological polar surface area (TPSA) is 105 Å². The largest absolute Gasteiger partial charge is 0.573 e. The molecular formula is C29H29F4N5O3S. The second-order valence-corrected chi connectivity index (χ2v) is 12.0. The maximum atomic E-state index is 13.7. The van der Waals surface area contributed by atoms with Crippen molar-refractivity contribution in [3.05, 3.63) is 78.6 Å². The molecule has 0 saturated heterocycles. The van der Waals surface area contributed by atoms with Crippen LogP contribution in [0.2, 0.25) is 0 Å². The van der Waals surface area contributed by atoms with Crippen LogP contribution in [-0.4, -0.2) is 37.8 Å². The first kappa shape index (κ1) is 29.5. The number of sulfonamides is 1. The molecule has 3 N–H and O–H groups in total. The molecule has 5 rings (SSSR count). The molecule has 0 spiro atoms. The predicted molar refractivity (Wildman–Crippen MR) is 151 cm³/mol. The lowest BCUT2D eigenvalue weighted by Crippen LogP contribution is -2.32. The quantitative estimate of drug-likeness (QED) is 0.175. The molecule has 0 atom stereocenters. The van der Waals surface area contributed by atoms with E-state index in [2.05, 4.69) is 30.1 Å². The van der Waals surface area contributed by atoms with Crippen molar-refractivity contribution in [3.63, 3.8) is 0 Å². The van der Waals surface area contributed by atoms with Crippen LogP contribution in [0.25, 0.3) is 10.9 Å². The number of ether oxygens (including phenoxy) is 1. The van der Waals surface area contributed by atoms with Crippen LogP contribution >= 0.6 is 0 Å². The maximum absolute atomic E-state index is 13.7. The summed E-state index contributed by atoms with van der Waals surface area (Å²) in [4.78, 5) is 9.14. The van der Waals surface area contributed by atoms with Gasteiger partial charge in [0, 0.05) is 24.2 Å². The fourth-order valence-electron chi connectivity index (χ4n) is 4.96. The molecule has 1 fully saturated rings. The summed E-state index contributed by atoms with van der Waals surface area (Å²) < 4.78 is 82.4. The maximum Gasteiger partial charge on any atom is 0.573 e. The number of halogens is 4. The molecule has 13 heteroatoms. The van der Waals surface area contributed by atoms with Gasteiger partial charge in [-0.1, -0.05) is 18.2 Å². The Morgan fingerprint density at radius 3 is 2.24 bits per heavy atom. The van der Waals surface area contributed by atoms with Crippen LogP contribution in [0.1, 0.15) is 25.7 Å². The molecule has 1 aromatic heterocycles. The fourth-order valence-corrected chi connectivity index (χ4v) is 6.08. The summed E-state index contributed by atoms with van der Waals surface area (Å²) in [7, 11) is -3.87. The van der Waals surface area contributed by atoms with Crippen molar-refractivity contribution in [1.82, 2.24) is 14.7 Å². The summed E-state index contributed by atoms with van der Waals surface area (Å²) in [6.45, 7) is 0.884. The number of hydrogen-bond acceptors (Lipinski definition) is 7. The van der Waals surface area contributed by atoms with E-state index in [-0.39, 0.29) is 23.2 Å². The van der Waals surface area contributed by atoms with Crippen molar-refractivity contribution < 1.29 is 30.7 Å². The number of rotatable bonds is 10. The number of hydrogen-bond donors (Lipinski definition) is 3. The standard InChI is InChI=1S/C29H29F4N5O3S/c30-21-4-3-5-22(16-21)36-27-25-6-1-2-7-26(25)37-28(38-27)34-17-19-8-10-20(11-9-19)18-35-42(39,40)24-14-12-23(13-15-24)41-29(31,32)33/h1-7,12-16,19-20,35H,8-11,17-18H2,(H2,34,36,37,38). The lowest BCUT2D eigenvalue weighted by atomic mass is 9.82. The molecule has 0 unspecified atom stereocenters. The highest BCUT2D eigenvalue weighted by molar-refractivity contribution is 7.89. The number of para-hydroxylation sites is 1. The fraction of sp³-hybridized carbons (Fsp3) is 0.310. The Morgan fingerprint density at radius 1 is 0.857 bits per heavy atom. The minimum Gasteiger partial charge on any atom is -0.406 e. The van der Waals surface area contributed by atoms with Gasteiger partial charge in [-0.05, 0) is 92.1 Å². The molecule has 8 nitrogen and oxygen atoms in total. The van der Waals surface area contributed by atoms with E-state index in [1.54, 1.807) is 12.1 Å². The zero-order valence-electron chi connectivity index (χ0n) is 22.4. The molecular weight excluding hydrogens is 574 g/mol. The normalized spacial score (nSPS) is 17.6. The molecule has 1 heterocycles. The summed E-state index contributed by atoms with van der Waals surface area (Å²) >= 11 is 0. The van der Waals surface area contributed by atoms with Crippen LogP contribution < -0.4 is 20.1 Å². The second kappa shape index (κ2) is 12.5. The van der Waals surface area contributed by atoms with Gasteiger partial charge in [0.1, 0.15) is 17.4 Å². The number of fused-ring (bicyclic) bond motifs is 1. The van der Waals surface area contributed by atoms with Gasteiger partial charge in [0.25, 0.3) is 0 Å². The first-order chi connectivity index (χ1) is 20.0. The van der Waals surface area contributed by atoms with Gasteiger partial charge in [-0.3, -0.25) is 0 Å². The Kier molecular flexibility index (Phi) is 8.78. The number of nitrogens with one attached hydrogen (secondary N) is 3. The van der Waals surface area contributed by atoms with Crippen molar-refractivity contribution in [2.24, 2.45) is 11.8 Å². The van der Waals surface area contributed by atoms with Crippen molar-refractivity contribution in [2.75, 3.05) is 23.7 Å². The van der Waals surface area contributed by atoms with E-state index in [0.717, 1.165) is 60.9 Å². The number of aromatic nitrogens is 2. The van der Waals surface area contributed by atoms with Gasteiger partial charge in [0.2, 0.25) is 16.0 Å². The summed E-state index contributed by atoms with van der Waals surface area (Å²) in [6.07, 6.45) is -1.45. The number of nitrogens with zero attached hydrogens (tertiary/aromatic N) is 2. The molecule has 4 aromatic rings. The number of anilines is 3. The first-order valence-electron chi connectivity index (χ1n) is 13.4. The summed E-state index contributed by atoms with van der Waals surface area (Å²) in [5.74, 6) is 0.660. The Hall–Kier alpha value is -3.97. The highest BCUT2D eigenvalue weighted by atomic mass is 32.2. The molecule has 0 bridgehead atoms. The van der Waals surface area contributed by atoms with Crippen LogP contribution in [-0.2, 0) is 10.0 Å². The van der Waals surface area contributed by atoms with Crippen molar-refractivity contribution >= 4 is 38.4 Å². The monoisotopic (exact) mass is 603 g/mol. The SMILES string of the molecule is O=S(=O)(NCC1CCC(CNc2nc(Nc3cccc(F)c3)c3ccccc3n2)CC1)c1ccc(OC(F)(F)F)cc1. The lowest BCUT2D eigenvalue weighted by Gasteiger charge is -2.28. The van der Waals surface area contributed by atoms with E-state index >= 15 is 0 Å². The Morgan fingerprint density at radius 2 is 1.55 bits per heavy atom. The first-order valence-corrected chi connectivity index (χ1v) is 14.9. The lowest BCUT2D eigenvalue weighted by molar-refractivity contribution is -0.274. The molecule has 0 radical (unpaired) electrons. The van der Waals surface area contributed by atoms with Crippen molar-refractivity contribution in [2.45, 2.75) is 36.9 Å². The number of benzene rings is 3. The molecule has 0 amide bonds. The Labute approximate surface area is 240 Å². The van der Waals surface area contributed by atoms with Gasteiger partial charge >= 0.3 is 6.36 Å². The average Bonchev–Trinajstić information content (AvgIpc) is 2.95. The molecule has 1 aliphatic carbocycles.